The van der Waals surface area contributed by atoms with Gasteiger partial charge in [-0.2, -0.15) is 0 Å². The third-order valence-corrected chi connectivity index (χ3v) is 4.03. The van der Waals surface area contributed by atoms with E-state index < -0.39 is 0 Å². The smallest absolute Gasteiger partial charge is 0.270 e. The Morgan fingerprint density at radius 3 is 2.60 bits per heavy atom. The third-order valence-electron chi connectivity index (χ3n) is 3.78. The molecule has 0 saturated heterocycles. The molecule has 0 spiro atoms. The van der Waals surface area contributed by atoms with Gasteiger partial charge in [0.25, 0.3) is 5.91 Å². The number of aromatic nitrogens is 1. The number of nitrogens with zero attached hydrogens (tertiary/aromatic N) is 1. The Labute approximate surface area is 151 Å². The molecule has 2 N–H and O–H groups in total. The molecular formula is C20H18ClN3O. The first-order valence-corrected chi connectivity index (χ1v) is 8.31. The lowest BCUT2D eigenvalue weighted by Crippen LogP contribution is -2.23. The van der Waals surface area contributed by atoms with Crippen LogP contribution in [0.3, 0.4) is 0 Å². The zero-order valence-corrected chi connectivity index (χ0v) is 14.5. The number of carbonyl (C=O) groups is 1. The molecule has 0 unspecified atom stereocenters. The van der Waals surface area contributed by atoms with Crippen LogP contribution in [0.25, 0.3) is 0 Å². The van der Waals surface area contributed by atoms with Crippen molar-refractivity contribution in [3.63, 3.8) is 0 Å². The summed E-state index contributed by atoms with van der Waals surface area (Å²) in [5.41, 5.74) is 4.30. The Morgan fingerprint density at radius 2 is 1.84 bits per heavy atom. The van der Waals surface area contributed by atoms with E-state index in [2.05, 4.69) is 15.6 Å². The highest BCUT2D eigenvalue weighted by Crippen LogP contribution is 2.20. The lowest BCUT2D eigenvalue weighted by Gasteiger charge is -2.10. The molecule has 126 valence electrons. The summed E-state index contributed by atoms with van der Waals surface area (Å²) in [7, 11) is 0. The molecule has 0 fully saturated rings. The molecule has 0 aliphatic heterocycles. The summed E-state index contributed by atoms with van der Waals surface area (Å²) >= 11 is 5.86. The van der Waals surface area contributed by atoms with Gasteiger partial charge in [0.1, 0.15) is 5.69 Å². The van der Waals surface area contributed by atoms with Crippen molar-refractivity contribution in [3.05, 3.63) is 88.7 Å². The van der Waals surface area contributed by atoms with Crippen LogP contribution in [0, 0.1) is 6.92 Å². The minimum atomic E-state index is -0.219. The van der Waals surface area contributed by atoms with Gasteiger partial charge in [0.05, 0.1) is 0 Å². The third kappa shape index (κ3) is 4.58. The van der Waals surface area contributed by atoms with Crippen LogP contribution < -0.4 is 10.6 Å². The predicted molar refractivity (Wildman–Crippen MR) is 101 cm³/mol. The molecule has 5 heteroatoms. The lowest BCUT2D eigenvalue weighted by atomic mass is 10.2. The van der Waals surface area contributed by atoms with Gasteiger partial charge < -0.3 is 10.6 Å². The maximum atomic E-state index is 12.3. The number of pyridine rings is 1. The Balaban J connectivity index is 1.67. The first-order chi connectivity index (χ1) is 12.1. The number of aryl methyl sites for hydroxylation is 1. The van der Waals surface area contributed by atoms with Crippen LogP contribution in [0.2, 0.25) is 5.02 Å². The van der Waals surface area contributed by atoms with Crippen molar-refractivity contribution in [3.8, 4) is 0 Å². The topological polar surface area (TPSA) is 54.0 Å². The van der Waals surface area contributed by atoms with E-state index >= 15 is 0 Å². The van der Waals surface area contributed by atoms with E-state index in [9.17, 15) is 4.79 Å². The summed E-state index contributed by atoms with van der Waals surface area (Å²) in [4.78, 5) is 16.5. The average Bonchev–Trinajstić information content (AvgIpc) is 2.63. The van der Waals surface area contributed by atoms with Crippen LogP contribution in [0.4, 0.5) is 11.4 Å². The number of anilines is 2. The summed E-state index contributed by atoms with van der Waals surface area (Å²) in [6.07, 6.45) is 1.62. The first kappa shape index (κ1) is 17.0. The fraction of sp³-hybridized carbons (Fsp3) is 0.100. The monoisotopic (exact) mass is 351 g/mol. The number of amides is 1. The Bertz CT molecular complexity index is 878. The largest absolute Gasteiger partial charge is 0.355 e. The van der Waals surface area contributed by atoms with Crippen LogP contribution in [-0.4, -0.2) is 10.9 Å². The average molecular weight is 352 g/mol. The van der Waals surface area contributed by atoms with Gasteiger partial charge in [-0.1, -0.05) is 41.9 Å². The maximum Gasteiger partial charge on any atom is 0.270 e. The van der Waals surface area contributed by atoms with Crippen molar-refractivity contribution in [2.75, 3.05) is 5.32 Å². The van der Waals surface area contributed by atoms with Crippen LogP contribution in [-0.2, 0) is 6.54 Å². The number of halogens is 1. The number of para-hydroxylation sites is 1. The Kier molecular flexibility index (Phi) is 5.31. The zero-order chi connectivity index (χ0) is 17.6. The van der Waals surface area contributed by atoms with Gasteiger partial charge in [0, 0.05) is 29.1 Å². The summed E-state index contributed by atoms with van der Waals surface area (Å²) < 4.78 is 0. The van der Waals surface area contributed by atoms with Crippen molar-refractivity contribution >= 4 is 28.9 Å². The van der Waals surface area contributed by atoms with Gasteiger partial charge in [0.15, 0.2) is 0 Å². The van der Waals surface area contributed by atoms with Gasteiger partial charge in [-0.3, -0.25) is 9.78 Å². The lowest BCUT2D eigenvalue weighted by molar-refractivity contribution is 0.0946. The second kappa shape index (κ2) is 7.81. The molecule has 0 bridgehead atoms. The minimum absolute atomic E-state index is 0.219. The quantitative estimate of drug-likeness (QED) is 0.699. The predicted octanol–water partition coefficient (Wildman–Crippen LogP) is 4.72. The van der Waals surface area contributed by atoms with E-state index in [-0.39, 0.29) is 5.91 Å². The second-order valence-corrected chi connectivity index (χ2v) is 6.12. The van der Waals surface area contributed by atoms with E-state index in [0.29, 0.717) is 17.3 Å². The number of carbonyl (C=O) groups excluding carboxylic acids is 1. The number of hydrogen-bond donors (Lipinski definition) is 2. The van der Waals surface area contributed by atoms with Gasteiger partial charge in [-0.05, 0) is 48.4 Å². The number of hydrogen-bond acceptors (Lipinski definition) is 3. The molecule has 4 nitrogen and oxygen atoms in total. The molecule has 1 heterocycles. The molecule has 0 atom stereocenters. The Morgan fingerprint density at radius 1 is 1.08 bits per heavy atom. The molecular weight excluding hydrogens is 334 g/mol. The summed E-state index contributed by atoms with van der Waals surface area (Å²) in [5, 5.41) is 6.85. The van der Waals surface area contributed by atoms with Crippen LogP contribution >= 0.6 is 11.6 Å². The molecule has 3 aromatic rings. The van der Waals surface area contributed by atoms with E-state index in [4.69, 9.17) is 11.6 Å². The molecule has 25 heavy (non-hydrogen) atoms. The number of nitrogens with one attached hydrogen (secondary N) is 2. The second-order valence-electron chi connectivity index (χ2n) is 5.68. The molecule has 0 aliphatic carbocycles. The fourth-order valence-electron chi connectivity index (χ4n) is 2.38. The van der Waals surface area contributed by atoms with E-state index in [1.54, 1.807) is 24.4 Å². The standard InChI is InChI=1S/C20H18ClN3O/c1-14-4-2-3-5-18(14)24-17-10-11-22-19(12-17)20(25)23-13-15-6-8-16(21)9-7-15/h2-12H,13H2,1H3,(H,22,24)(H,23,25). The molecule has 1 amide bonds. The minimum Gasteiger partial charge on any atom is -0.355 e. The zero-order valence-electron chi connectivity index (χ0n) is 13.8. The molecule has 0 saturated carbocycles. The summed E-state index contributed by atoms with van der Waals surface area (Å²) in [5.74, 6) is -0.219. The first-order valence-electron chi connectivity index (χ1n) is 7.93. The normalized spacial score (nSPS) is 10.3. The summed E-state index contributed by atoms with van der Waals surface area (Å²) in [6.45, 7) is 2.45. The van der Waals surface area contributed by atoms with Gasteiger partial charge in [-0.15, -0.1) is 0 Å². The highest BCUT2D eigenvalue weighted by atomic mass is 35.5. The van der Waals surface area contributed by atoms with E-state index in [1.807, 2.05) is 49.4 Å². The van der Waals surface area contributed by atoms with Crippen LogP contribution in [0.5, 0.6) is 0 Å². The number of rotatable bonds is 5. The van der Waals surface area contributed by atoms with Crippen molar-refractivity contribution in [2.45, 2.75) is 13.5 Å². The van der Waals surface area contributed by atoms with Crippen molar-refractivity contribution in [2.24, 2.45) is 0 Å². The molecule has 0 radical (unpaired) electrons. The number of benzene rings is 2. The molecule has 1 aromatic heterocycles. The highest BCUT2D eigenvalue weighted by Gasteiger charge is 2.08. The van der Waals surface area contributed by atoms with Gasteiger partial charge >= 0.3 is 0 Å². The van der Waals surface area contributed by atoms with E-state index in [1.165, 1.54) is 0 Å². The summed E-state index contributed by atoms with van der Waals surface area (Å²) in [6, 6.07) is 18.9. The Hall–Kier alpha value is -2.85. The SMILES string of the molecule is Cc1ccccc1Nc1ccnc(C(=O)NCc2ccc(Cl)cc2)c1. The molecule has 0 aliphatic rings. The van der Waals surface area contributed by atoms with Crippen molar-refractivity contribution < 1.29 is 4.79 Å². The van der Waals surface area contributed by atoms with Crippen molar-refractivity contribution in [1.82, 2.24) is 10.3 Å². The molecule has 2 aromatic carbocycles. The van der Waals surface area contributed by atoms with Gasteiger partial charge in [0.2, 0.25) is 0 Å². The maximum absolute atomic E-state index is 12.3. The van der Waals surface area contributed by atoms with Crippen molar-refractivity contribution in [1.29, 1.82) is 0 Å². The fourth-order valence-corrected chi connectivity index (χ4v) is 2.50. The van der Waals surface area contributed by atoms with Crippen LogP contribution in [0.1, 0.15) is 21.6 Å². The molecule has 3 rings (SSSR count). The van der Waals surface area contributed by atoms with Gasteiger partial charge in [-0.25, -0.2) is 0 Å². The van der Waals surface area contributed by atoms with E-state index in [0.717, 1.165) is 22.5 Å². The highest BCUT2D eigenvalue weighted by molar-refractivity contribution is 6.30. The van der Waals surface area contributed by atoms with Crippen LogP contribution in [0.15, 0.2) is 66.9 Å².